The quantitative estimate of drug-likeness (QED) is 0.660. The summed E-state index contributed by atoms with van der Waals surface area (Å²) >= 11 is 12.1. The van der Waals surface area contributed by atoms with Gasteiger partial charge in [-0.2, -0.15) is 0 Å². The molecule has 1 heterocycles. The Kier molecular flexibility index (Phi) is 2.50. The van der Waals surface area contributed by atoms with Crippen LogP contribution in [0.25, 0.3) is 0 Å². The van der Waals surface area contributed by atoms with E-state index < -0.39 is 0 Å². The van der Waals surface area contributed by atoms with Gasteiger partial charge in [0.05, 0.1) is 9.50 Å². The van der Waals surface area contributed by atoms with Gasteiger partial charge in [-0.1, -0.05) is 11.6 Å². The van der Waals surface area contributed by atoms with Crippen LogP contribution in [0.15, 0.2) is 21.3 Å². The minimum Gasteiger partial charge on any atom is -0.248 e. The number of hydrogen-bond acceptors (Lipinski definition) is 1. The van der Waals surface area contributed by atoms with E-state index in [9.17, 15) is 0 Å². The number of aromatic nitrogens is 1. The van der Waals surface area contributed by atoms with Crippen LogP contribution in [0.3, 0.4) is 0 Å². The maximum Gasteiger partial charge on any atom is 0.121 e. The second kappa shape index (κ2) is 2.99. The Hall–Kier alpha value is 0.400. The van der Waals surface area contributed by atoms with Gasteiger partial charge in [0.1, 0.15) is 4.60 Å². The normalized spacial score (nSPS) is 9.67. The number of rotatable bonds is 0. The smallest absolute Gasteiger partial charge is 0.121 e. The van der Waals surface area contributed by atoms with Gasteiger partial charge in [-0.3, -0.25) is 0 Å². The molecule has 0 amide bonds. The Morgan fingerprint density at radius 3 is 2.56 bits per heavy atom. The molecule has 0 unspecified atom stereocenters. The maximum atomic E-state index is 5.70. The third-order valence-corrected chi connectivity index (χ3v) is 3.28. The number of halogens is 3. The first kappa shape index (κ1) is 7.51. The van der Waals surface area contributed by atoms with Crippen molar-refractivity contribution < 1.29 is 0 Å². The van der Waals surface area contributed by atoms with Gasteiger partial charge in [-0.25, -0.2) is 4.98 Å². The molecule has 0 aliphatic rings. The third kappa shape index (κ3) is 1.66. The molecule has 9 heavy (non-hydrogen) atoms. The van der Waals surface area contributed by atoms with Crippen LogP contribution in [0.2, 0.25) is 5.02 Å². The van der Waals surface area contributed by atoms with Crippen LogP contribution in [0, 0.1) is 0 Å². The van der Waals surface area contributed by atoms with E-state index in [-0.39, 0.29) is 0 Å². The molecule has 1 aromatic heterocycles. The van der Waals surface area contributed by atoms with E-state index in [4.69, 9.17) is 11.6 Å². The fraction of sp³-hybridized carbons (Fsp3) is 0. The van der Waals surface area contributed by atoms with E-state index in [1.807, 2.05) is 0 Å². The molecule has 0 aliphatic heterocycles. The van der Waals surface area contributed by atoms with Crippen molar-refractivity contribution in [3.63, 3.8) is 0 Å². The lowest BCUT2D eigenvalue weighted by Crippen LogP contribution is -1.75. The predicted molar refractivity (Wildman–Crippen MR) is 44.6 cm³/mol. The molecular weight excluding hydrogens is 269 g/mol. The average molecular weight is 271 g/mol. The van der Waals surface area contributed by atoms with Gasteiger partial charge in [-0.15, -0.1) is 0 Å². The van der Waals surface area contributed by atoms with Gasteiger partial charge in [0, 0.05) is 6.20 Å². The molecule has 0 saturated heterocycles. The number of nitrogens with zero attached hydrogens (tertiary/aromatic N) is 1. The highest BCUT2D eigenvalue weighted by atomic mass is 79.9. The standard InChI is InChI=1S/C5H2Br2ClN/c6-4-3(8)1-2-9-5(4)7/h1-2H. The molecule has 0 aromatic carbocycles. The first-order chi connectivity index (χ1) is 4.22. The van der Waals surface area contributed by atoms with E-state index in [2.05, 4.69) is 36.8 Å². The van der Waals surface area contributed by atoms with Crippen LogP contribution < -0.4 is 0 Å². The van der Waals surface area contributed by atoms with Crippen LogP contribution in [0.1, 0.15) is 0 Å². The van der Waals surface area contributed by atoms with Crippen molar-refractivity contribution in [2.45, 2.75) is 0 Å². The highest BCUT2D eigenvalue weighted by Gasteiger charge is 1.99. The van der Waals surface area contributed by atoms with Gasteiger partial charge >= 0.3 is 0 Å². The lowest BCUT2D eigenvalue weighted by atomic mass is 10.5. The van der Waals surface area contributed by atoms with Crippen molar-refractivity contribution in [2.75, 3.05) is 0 Å². The first-order valence-corrected chi connectivity index (χ1v) is 4.13. The molecule has 0 radical (unpaired) electrons. The van der Waals surface area contributed by atoms with Gasteiger partial charge in [0.25, 0.3) is 0 Å². The monoisotopic (exact) mass is 269 g/mol. The summed E-state index contributed by atoms with van der Waals surface area (Å²) in [6.45, 7) is 0. The molecule has 0 spiro atoms. The molecule has 1 rings (SSSR count). The van der Waals surface area contributed by atoms with Crippen molar-refractivity contribution in [1.29, 1.82) is 0 Å². The molecule has 0 fully saturated rings. The van der Waals surface area contributed by atoms with Crippen molar-refractivity contribution in [3.05, 3.63) is 26.4 Å². The zero-order valence-corrected chi connectivity index (χ0v) is 8.16. The lowest BCUT2D eigenvalue weighted by molar-refractivity contribution is 1.26. The Morgan fingerprint density at radius 2 is 2.11 bits per heavy atom. The second-order valence-electron chi connectivity index (χ2n) is 1.40. The molecule has 4 heteroatoms. The first-order valence-electron chi connectivity index (χ1n) is 2.17. The van der Waals surface area contributed by atoms with Crippen LogP contribution in [-0.2, 0) is 0 Å². The zero-order chi connectivity index (χ0) is 6.85. The van der Waals surface area contributed by atoms with Gasteiger partial charge < -0.3 is 0 Å². The van der Waals surface area contributed by atoms with E-state index in [1.165, 1.54) is 0 Å². The van der Waals surface area contributed by atoms with Crippen molar-refractivity contribution in [1.82, 2.24) is 4.98 Å². The second-order valence-corrected chi connectivity index (χ2v) is 3.35. The molecule has 0 N–H and O–H groups in total. The molecule has 48 valence electrons. The SMILES string of the molecule is Clc1ccnc(Br)c1Br. The van der Waals surface area contributed by atoms with Crippen LogP contribution in [-0.4, -0.2) is 4.98 Å². The largest absolute Gasteiger partial charge is 0.248 e. The van der Waals surface area contributed by atoms with Crippen molar-refractivity contribution in [2.24, 2.45) is 0 Å². The highest BCUT2D eigenvalue weighted by molar-refractivity contribution is 9.13. The van der Waals surface area contributed by atoms with Gasteiger partial charge in [0.2, 0.25) is 0 Å². The summed E-state index contributed by atoms with van der Waals surface area (Å²) in [5.74, 6) is 0. The van der Waals surface area contributed by atoms with E-state index >= 15 is 0 Å². The molecule has 0 aliphatic carbocycles. The molecule has 0 bridgehead atoms. The summed E-state index contributed by atoms with van der Waals surface area (Å²) in [4.78, 5) is 3.92. The minimum atomic E-state index is 0.664. The third-order valence-electron chi connectivity index (χ3n) is 0.800. The van der Waals surface area contributed by atoms with Gasteiger partial charge in [0.15, 0.2) is 0 Å². The Balaban J connectivity index is 3.25. The summed E-state index contributed by atoms with van der Waals surface area (Å²) in [5.41, 5.74) is 0. The number of pyridine rings is 1. The summed E-state index contributed by atoms with van der Waals surface area (Å²) in [5, 5.41) is 0.664. The molecular formula is C5H2Br2ClN. The lowest BCUT2D eigenvalue weighted by Gasteiger charge is -1.94. The summed E-state index contributed by atoms with van der Waals surface area (Å²) in [7, 11) is 0. The molecule has 0 atom stereocenters. The molecule has 1 aromatic rings. The zero-order valence-electron chi connectivity index (χ0n) is 4.24. The predicted octanol–water partition coefficient (Wildman–Crippen LogP) is 3.26. The topological polar surface area (TPSA) is 12.9 Å². The fourth-order valence-corrected chi connectivity index (χ4v) is 1.22. The van der Waals surface area contributed by atoms with Crippen LogP contribution in [0.4, 0.5) is 0 Å². The summed E-state index contributed by atoms with van der Waals surface area (Å²) < 4.78 is 1.53. The minimum absolute atomic E-state index is 0.664. The van der Waals surface area contributed by atoms with E-state index in [0.29, 0.717) is 5.02 Å². The van der Waals surface area contributed by atoms with Crippen molar-refractivity contribution in [3.8, 4) is 0 Å². The van der Waals surface area contributed by atoms with Gasteiger partial charge in [-0.05, 0) is 37.9 Å². The maximum absolute atomic E-state index is 5.70. The van der Waals surface area contributed by atoms with E-state index in [0.717, 1.165) is 9.08 Å². The fourth-order valence-electron chi connectivity index (χ4n) is 0.397. The highest BCUT2D eigenvalue weighted by Crippen LogP contribution is 2.27. The Labute approximate surface area is 74.7 Å². The molecule has 1 nitrogen and oxygen atoms in total. The number of hydrogen-bond donors (Lipinski definition) is 0. The summed E-state index contributed by atoms with van der Waals surface area (Å²) in [6, 6.07) is 1.72. The van der Waals surface area contributed by atoms with Crippen LogP contribution >= 0.6 is 43.5 Å². The Morgan fingerprint density at radius 1 is 1.44 bits per heavy atom. The average Bonchev–Trinajstić information content (AvgIpc) is 1.83. The summed E-state index contributed by atoms with van der Waals surface area (Å²) in [6.07, 6.45) is 1.64. The van der Waals surface area contributed by atoms with Crippen molar-refractivity contribution >= 4 is 43.5 Å². The van der Waals surface area contributed by atoms with Crippen LogP contribution in [0.5, 0.6) is 0 Å². The molecule has 0 saturated carbocycles. The Bertz CT molecular complexity index is 206. The van der Waals surface area contributed by atoms with E-state index in [1.54, 1.807) is 12.3 Å².